The predicted octanol–water partition coefficient (Wildman–Crippen LogP) is 1.35. The molecule has 0 saturated heterocycles. The van der Waals surface area contributed by atoms with Gasteiger partial charge in [0.25, 0.3) is 0 Å². The van der Waals surface area contributed by atoms with Gasteiger partial charge in [0.05, 0.1) is 6.42 Å². The van der Waals surface area contributed by atoms with Gasteiger partial charge in [-0.2, -0.15) is 0 Å². The summed E-state index contributed by atoms with van der Waals surface area (Å²) >= 11 is 0. The molecule has 4 heteroatoms. The van der Waals surface area contributed by atoms with Gasteiger partial charge < -0.3 is 16.0 Å². The predicted molar refractivity (Wildman–Crippen MR) is 72.7 cm³/mol. The zero-order valence-corrected chi connectivity index (χ0v) is 10.6. The molecule has 1 aromatic carbocycles. The molecular weight excluding hydrogens is 226 g/mol. The van der Waals surface area contributed by atoms with Crippen molar-refractivity contribution in [2.45, 2.75) is 25.3 Å². The number of nitrogens with zero attached hydrogens (tertiary/aromatic N) is 1. The lowest BCUT2D eigenvalue weighted by molar-refractivity contribution is -0.117. The maximum absolute atomic E-state index is 12.1. The number of nitrogens with two attached hydrogens (primary N) is 1. The van der Waals surface area contributed by atoms with Gasteiger partial charge >= 0.3 is 0 Å². The van der Waals surface area contributed by atoms with Crippen LogP contribution in [0.2, 0.25) is 0 Å². The molecule has 18 heavy (non-hydrogen) atoms. The van der Waals surface area contributed by atoms with Crippen LogP contribution in [0.25, 0.3) is 0 Å². The van der Waals surface area contributed by atoms with E-state index in [1.807, 2.05) is 24.1 Å². The maximum Gasteiger partial charge on any atom is 0.231 e. The van der Waals surface area contributed by atoms with Crippen LogP contribution in [0.4, 0.5) is 11.4 Å². The molecule has 1 aromatic rings. The Bertz CT molecular complexity index is 480. The molecule has 2 aliphatic rings. The summed E-state index contributed by atoms with van der Waals surface area (Å²) in [5.41, 5.74) is 9.08. The van der Waals surface area contributed by atoms with Gasteiger partial charge in [-0.25, -0.2) is 0 Å². The van der Waals surface area contributed by atoms with E-state index in [2.05, 4.69) is 11.4 Å². The van der Waals surface area contributed by atoms with Crippen LogP contribution < -0.4 is 16.0 Å². The van der Waals surface area contributed by atoms with Gasteiger partial charge in [-0.1, -0.05) is 0 Å². The van der Waals surface area contributed by atoms with Crippen molar-refractivity contribution < 1.29 is 4.79 Å². The third-order valence-electron chi connectivity index (χ3n) is 4.01. The summed E-state index contributed by atoms with van der Waals surface area (Å²) in [6, 6.07) is 6.49. The molecule has 0 radical (unpaired) electrons. The monoisotopic (exact) mass is 245 g/mol. The Balaban J connectivity index is 1.79. The van der Waals surface area contributed by atoms with Crippen molar-refractivity contribution in [1.82, 2.24) is 0 Å². The van der Waals surface area contributed by atoms with E-state index in [1.54, 1.807) is 0 Å². The zero-order valence-electron chi connectivity index (χ0n) is 10.6. The first-order valence-electron chi connectivity index (χ1n) is 6.54. The number of anilines is 2. The number of carbonyl (C=O) groups excluding carboxylic acids is 1. The first kappa shape index (κ1) is 11.5. The number of hydrogen-bond donors (Lipinski definition) is 2. The highest BCUT2D eigenvalue weighted by atomic mass is 16.2. The summed E-state index contributed by atoms with van der Waals surface area (Å²) in [6.07, 6.45) is 2.63. The summed E-state index contributed by atoms with van der Waals surface area (Å²) in [5.74, 6) is 0.803. The van der Waals surface area contributed by atoms with Gasteiger partial charge in [-0.3, -0.25) is 4.79 Å². The van der Waals surface area contributed by atoms with E-state index >= 15 is 0 Å². The molecule has 1 fully saturated rings. The van der Waals surface area contributed by atoms with Crippen LogP contribution in [0.3, 0.4) is 0 Å². The summed E-state index contributed by atoms with van der Waals surface area (Å²) in [6.45, 7) is 0.832. The fourth-order valence-corrected chi connectivity index (χ4v) is 2.93. The van der Waals surface area contributed by atoms with Crippen LogP contribution >= 0.6 is 0 Å². The van der Waals surface area contributed by atoms with E-state index in [-0.39, 0.29) is 5.91 Å². The number of hydrogen-bond acceptors (Lipinski definition) is 3. The summed E-state index contributed by atoms with van der Waals surface area (Å²) in [4.78, 5) is 14.0. The van der Waals surface area contributed by atoms with Crippen LogP contribution in [0.1, 0.15) is 18.4 Å². The Kier molecular flexibility index (Phi) is 2.74. The van der Waals surface area contributed by atoms with Crippen molar-refractivity contribution in [2.24, 2.45) is 11.7 Å². The molecule has 0 aromatic heterocycles. The number of amides is 1. The molecule has 0 spiro atoms. The lowest BCUT2D eigenvalue weighted by Crippen LogP contribution is -2.43. The van der Waals surface area contributed by atoms with Gasteiger partial charge in [-0.15, -0.1) is 0 Å². The highest BCUT2D eigenvalue weighted by Gasteiger charge is 2.33. The average molecular weight is 245 g/mol. The molecule has 96 valence electrons. The van der Waals surface area contributed by atoms with Crippen molar-refractivity contribution in [3.8, 4) is 0 Å². The molecule has 0 bridgehead atoms. The van der Waals surface area contributed by atoms with E-state index in [1.165, 1.54) is 0 Å². The average Bonchev–Trinajstić information content (AvgIpc) is 2.63. The largest absolute Gasteiger partial charge is 0.388 e. The molecular formula is C14H19N3O. The Morgan fingerprint density at radius 3 is 2.89 bits per heavy atom. The molecule has 1 amide bonds. The van der Waals surface area contributed by atoms with Gasteiger partial charge in [0.1, 0.15) is 0 Å². The first-order chi connectivity index (χ1) is 8.67. The highest BCUT2D eigenvalue weighted by molar-refractivity contribution is 6.01. The molecule has 0 atom stereocenters. The normalized spacial score (nSPS) is 25.9. The minimum absolute atomic E-state index is 0.221. The van der Waals surface area contributed by atoms with Crippen molar-refractivity contribution in [1.29, 1.82) is 0 Å². The summed E-state index contributed by atoms with van der Waals surface area (Å²) in [7, 11) is 1.89. The van der Waals surface area contributed by atoms with E-state index in [9.17, 15) is 4.79 Å². The molecule has 1 aliphatic heterocycles. The summed E-state index contributed by atoms with van der Waals surface area (Å²) in [5, 5.41) is 3.11. The lowest BCUT2D eigenvalue weighted by Gasteiger charge is -2.35. The zero-order chi connectivity index (χ0) is 12.7. The molecule has 4 nitrogen and oxygen atoms in total. The Morgan fingerprint density at radius 2 is 2.22 bits per heavy atom. The Labute approximate surface area is 107 Å². The van der Waals surface area contributed by atoms with Crippen molar-refractivity contribution in [3.63, 3.8) is 0 Å². The first-order valence-corrected chi connectivity index (χ1v) is 6.54. The standard InChI is InChI=1S/C14H19N3O/c1-16-12-2-3-13-10(6-12)7-14(18)17(13)8-9-4-11(15)5-9/h2-3,6,9,11,16H,4-5,7-8,15H2,1H3. The second kappa shape index (κ2) is 4.28. The Morgan fingerprint density at radius 1 is 1.44 bits per heavy atom. The van der Waals surface area contributed by atoms with Crippen LogP contribution in [0, 0.1) is 5.92 Å². The SMILES string of the molecule is CNc1ccc2c(c1)CC(=O)N2CC1CC(N)C1. The van der Waals surface area contributed by atoms with Crippen molar-refractivity contribution in [3.05, 3.63) is 23.8 Å². The van der Waals surface area contributed by atoms with E-state index in [0.29, 0.717) is 18.4 Å². The molecule has 1 heterocycles. The minimum atomic E-state index is 0.221. The molecule has 3 N–H and O–H groups in total. The van der Waals surface area contributed by atoms with Crippen LogP contribution in [0.5, 0.6) is 0 Å². The third-order valence-corrected chi connectivity index (χ3v) is 4.01. The van der Waals surface area contributed by atoms with Crippen molar-refractivity contribution >= 4 is 17.3 Å². The fourth-order valence-electron chi connectivity index (χ4n) is 2.93. The van der Waals surface area contributed by atoms with Crippen LogP contribution in [-0.4, -0.2) is 25.5 Å². The third kappa shape index (κ3) is 1.86. The number of benzene rings is 1. The van der Waals surface area contributed by atoms with E-state index in [4.69, 9.17) is 5.73 Å². The highest BCUT2D eigenvalue weighted by Crippen LogP contribution is 2.34. The number of fused-ring (bicyclic) bond motifs is 1. The molecule has 1 saturated carbocycles. The quantitative estimate of drug-likeness (QED) is 0.845. The molecule has 3 rings (SSSR count). The fraction of sp³-hybridized carbons (Fsp3) is 0.500. The van der Waals surface area contributed by atoms with Crippen LogP contribution in [-0.2, 0) is 11.2 Å². The Hall–Kier alpha value is -1.55. The smallest absolute Gasteiger partial charge is 0.231 e. The van der Waals surface area contributed by atoms with E-state index < -0.39 is 0 Å². The van der Waals surface area contributed by atoms with Gasteiger partial charge in [-0.05, 0) is 42.5 Å². The lowest BCUT2D eigenvalue weighted by atomic mass is 9.80. The van der Waals surface area contributed by atoms with E-state index in [0.717, 1.165) is 36.3 Å². The maximum atomic E-state index is 12.1. The summed E-state index contributed by atoms with van der Waals surface area (Å²) < 4.78 is 0. The number of carbonyl (C=O) groups is 1. The van der Waals surface area contributed by atoms with Crippen molar-refractivity contribution in [2.75, 3.05) is 23.8 Å². The van der Waals surface area contributed by atoms with Gasteiger partial charge in [0, 0.05) is 31.0 Å². The second-order valence-electron chi connectivity index (χ2n) is 5.37. The second-order valence-corrected chi connectivity index (χ2v) is 5.37. The molecule has 1 aliphatic carbocycles. The number of nitrogens with one attached hydrogen (secondary N) is 1. The van der Waals surface area contributed by atoms with Gasteiger partial charge in [0.15, 0.2) is 0 Å². The molecule has 0 unspecified atom stereocenters. The van der Waals surface area contributed by atoms with Crippen LogP contribution in [0.15, 0.2) is 18.2 Å². The number of rotatable bonds is 3. The topological polar surface area (TPSA) is 58.4 Å². The van der Waals surface area contributed by atoms with Gasteiger partial charge in [0.2, 0.25) is 5.91 Å². The minimum Gasteiger partial charge on any atom is -0.388 e.